The number of hydrogen-bond donors (Lipinski definition) is 3. The van der Waals surface area contributed by atoms with Crippen LogP contribution >= 0.6 is 0 Å². The van der Waals surface area contributed by atoms with E-state index in [1.807, 2.05) is 48.7 Å². The predicted octanol–water partition coefficient (Wildman–Crippen LogP) is 4.02. The number of pyridine rings is 1. The van der Waals surface area contributed by atoms with Crippen LogP contribution < -0.4 is 5.73 Å². The van der Waals surface area contributed by atoms with Gasteiger partial charge in [0.15, 0.2) is 0 Å². The van der Waals surface area contributed by atoms with Gasteiger partial charge in [0.05, 0.1) is 11.1 Å². The summed E-state index contributed by atoms with van der Waals surface area (Å²) < 4.78 is 31.7. The van der Waals surface area contributed by atoms with E-state index in [9.17, 15) is 18.0 Å². The van der Waals surface area contributed by atoms with Crippen molar-refractivity contribution in [1.82, 2.24) is 15.0 Å². The maximum Gasteiger partial charge on any atom is 0.490 e. The van der Waals surface area contributed by atoms with Crippen LogP contribution in [-0.2, 0) is 4.79 Å². The zero-order valence-corrected chi connectivity index (χ0v) is 15.7. The van der Waals surface area contributed by atoms with Crippen molar-refractivity contribution < 1.29 is 27.9 Å². The number of aromatic nitrogens is 3. The molecule has 0 aliphatic rings. The van der Waals surface area contributed by atoms with Gasteiger partial charge in [0.1, 0.15) is 11.3 Å². The zero-order valence-electron chi connectivity index (χ0n) is 15.7. The van der Waals surface area contributed by atoms with Gasteiger partial charge >= 0.3 is 12.1 Å². The Labute approximate surface area is 173 Å². The Balaban J connectivity index is 0.000000339. The lowest BCUT2D eigenvalue weighted by molar-refractivity contribution is -0.192. The Kier molecular flexibility index (Phi) is 6.00. The maximum atomic E-state index is 11.5. The Morgan fingerprint density at radius 3 is 2.13 bits per heavy atom. The third-order valence-electron chi connectivity index (χ3n) is 4.17. The van der Waals surface area contributed by atoms with Crippen molar-refractivity contribution in [2.75, 3.05) is 0 Å². The highest BCUT2D eigenvalue weighted by Gasteiger charge is 2.38. The number of halogens is 3. The van der Waals surface area contributed by atoms with Gasteiger partial charge in [0.25, 0.3) is 5.91 Å². The molecule has 0 fully saturated rings. The molecule has 0 saturated heterocycles. The zero-order chi connectivity index (χ0) is 22.6. The normalized spacial score (nSPS) is 10.9. The largest absolute Gasteiger partial charge is 0.490 e. The molecule has 4 rings (SSSR count). The molecule has 0 aliphatic heterocycles. The number of amides is 1. The number of benzene rings is 2. The number of carboxylic acid groups (broad SMARTS) is 1. The van der Waals surface area contributed by atoms with Gasteiger partial charge in [-0.05, 0) is 29.3 Å². The number of primary amides is 1. The molecule has 2 aromatic heterocycles. The topological polar surface area (TPSA) is 122 Å². The lowest BCUT2D eigenvalue weighted by atomic mass is 10.1. The first-order valence-electron chi connectivity index (χ1n) is 8.76. The predicted molar refractivity (Wildman–Crippen MR) is 107 cm³/mol. The molecule has 10 heteroatoms. The average Bonchev–Trinajstić information content (AvgIpc) is 3.18. The van der Waals surface area contributed by atoms with Crippen molar-refractivity contribution in [3.63, 3.8) is 0 Å². The second-order valence-corrected chi connectivity index (χ2v) is 6.27. The van der Waals surface area contributed by atoms with Crippen LogP contribution in [0.25, 0.3) is 33.5 Å². The Hall–Kier alpha value is -4.21. The number of rotatable bonds is 3. The molecular weight excluding hydrogens is 413 g/mol. The second kappa shape index (κ2) is 8.66. The molecule has 0 spiro atoms. The highest BCUT2D eigenvalue weighted by Crippen LogP contribution is 2.25. The molecule has 7 nitrogen and oxygen atoms in total. The highest BCUT2D eigenvalue weighted by molar-refractivity contribution is 6.04. The van der Waals surface area contributed by atoms with Crippen molar-refractivity contribution in [3.8, 4) is 22.5 Å². The Bertz CT molecular complexity index is 1220. The van der Waals surface area contributed by atoms with Crippen molar-refractivity contribution in [2.24, 2.45) is 5.73 Å². The van der Waals surface area contributed by atoms with Gasteiger partial charge in [0.2, 0.25) is 0 Å². The SMILES string of the molecule is NC(=O)c1cccc2[nH]c(-c3ccc(-c4cccnc4)cc3)nc12.O=C(O)C(F)(F)F. The average molecular weight is 428 g/mol. The number of carbonyl (C=O) groups is 2. The molecule has 0 unspecified atom stereocenters. The number of nitrogens with zero attached hydrogens (tertiary/aromatic N) is 2. The molecule has 1 amide bonds. The lowest BCUT2D eigenvalue weighted by Gasteiger charge is -2.02. The molecule has 2 heterocycles. The molecule has 158 valence electrons. The smallest absolute Gasteiger partial charge is 0.475 e. The van der Waals surface area contributed by atoms with Crippen molar-refractivity contribution in [2.45, 2.75) is 6.18 Å². The van der Waals surface area contributed by atoms with Gasteiger partial charge < -0.3 is 15.8 Å². The molecule has 2 aromatic carbocycles. The summed E-state index contributed by atoms with van der Waals surface area (Å²) in [6.45, 7) is 0. The molecule has 0 bridgehead atoms. The fourth-order valence-corrected chi connectivity index (χ4v) is 2.72. The van der Waals surface area contributed by atoms with E-state index in [1.54, 1.807) is 18.3 Å². The number of aromatic amines is 1. The summed E-state index contributed by atoms with van der Waals surface area (Å²) in [7, 11) is 0. The van der Waals surface area contributed by atoms with Crippen LogP contribution in [0.1, 0.15) is 10.4 Å². The van der Waals surface area contributed by atoms with E-state index < -0.39 is 18.1 Å². The summed E-state index contributed by atoms with van der Waals surface area (Å²) in [6.07, 6.45) is -1.50. The number of imidazole rings is 1. The van der Waals surface area contributed by atoms with Crippen molar-refractivity contribution in [1.29, 1.82) is 0 Å². The minimum absolute atomic E-state index is 0.419. The Morgan fingerprint density at radius 2 is 1.58 bits per heavy atom. The van der Waals surface area contributed by atoms with E-state index in [4.69, 9.17) is 15.6 Å². The summed E-state index contributed by atoms with van der Waals surface area (Å²) in [4.78, 5) is 32.3. The summed E-state index contributed by atoms with van der Waals surface area (Å²) in [6, 6.07) is 17.3. The number of hydrogen-bond acceptors (Lipinski definition) is 4. The lowest BCUT2D eigenvalue weighted by Crippen LogP contribution is -2.21. The number of carbonyl (C=O) groups excluding carboxylic acids is 1. The van der Waals surface area contributed by atoms with E-state index in [0.29, 0.717) is 16.9 Å². The first kappa shape index (κ1) is 21.5. The van der Waals surface area contributed by atoms with Gasteiger partial charge in [-0.25, -0.2) is 9.78 Å². The molecule has 0 atom stereocenters. The van der Waals surface area contributed by atoms with Gasteiger partial charge in [-0.2, -0.15) is 13.2 Å². The summed E-state index contributed by atoms with van der Waals surface area (Å²) >= 11 is 0. The number of alkyl halides is 3. The molecule has 0 saturated carbocycles. The summed E-state index contributed by atoms with van der Waals surface area (Å²) in [5, 5.41) is 7.12. The van der Waals surface area contributed by atoms with E-state index >= 15 is 0 Å². The first-order chi connectivity index (χ1) is 14.7. The van der Waals surface area contributed by atoms with Crippen LogP contribution in [0.5, 0.6) is 0 Å². The molecule has 4 N–H and O–H groups in total. The third-order valence-corrected chi connectivity index (χ3v) is 4.17. The number of carboxylic acids is 1. The minimum Gasteiger partial charge on any atom is -0.475 e. The number of nitrogens with one attached hydrogen (secondary N) is 1. The van der Waals surface area contributed by atoms with Crippen LogP contribution in [0.15, 0.2) is 67.0 Å². The second-order valence-electron chi connectivity index (χ2n) is 6.27. The fraction of sp³-hybridized carbons (Fsp3) is 0.0476. The third kappa shape index (κ3) is 5.04. The minimum atomic E-state index is -5.08. The molecule has 0 radical (unpaired) electrons. The van der Waals surface area contributed by atoms with Gasteiger partial charge in [0, 0.05) is 18.0 Å². The number of nitrogens with two attached hydrogens (primary N) is 1. The van der Waals surface area contributed by atoms with Crippen LogP contribution in [0.2, 0.25) is 0 Å². The van der Waals surface area contributed by atoms with Crippen molar-refractivity contribution >= 4 is 22.9 Å². The van der Waals surface area contributed by atoms with Crippen LogP contribution in [0, 0.1) is 0 Å². The quantitative estimate of drug-likeness (QED) is 0.455. The van der Waals surface area contributed by atoms with E-state index in [-0.39, 0.29) is 0 Å². The highest BCUT2D eigenvalue weighted by atomic mass is 19.4. The number of H-pyrrole nitrogens is 1. The van der Waals surface area contributed by atoms with E-state index in [2.05, 4.69) is 15.0 Å². The van der Waals surface area contributed by atoms with E-state index in [0.717, 1.165) is 22.2 Å². The number of fused-ring (bicyclic) bond motifs is 1. The van der Waals surface area contributed by atoms with Crippen LogP contribution in [0.3, 0.4) is 0 Å². The van der Waals surface area contributed by atoms with Gasteiger partial charge in [-0.1, -0.05) is 36.4 Å². The molecule has 31 heavy (non-hydrogen) atoms. The number of para-hydroxylation sites is 1. The van der Waals surface area contributed by atoms with Gasteiger partial charge in [-0.15, -0.1) is 0 Å². The number of aliphatic carboxylic acids is 1. The summed E-state index contributed by atoms with van der Waals surface area (Å²) in [5.74, 6) is -2.53. The first-order valence-corrected chi connectivity index (χ1v) is 8.76. The molecule has 0 aliphatic carbocycles. The fourth-order valence-electron chi connectivity index (χ4n) is 2.72. The monoisotopic (exact) mass is 428 g/mol. The molecular formula is C21H15F3N4O3. The van der Waals surface area contributed by atoms with Crippen LogP contribution in [0.4, 0.5) is 13.2 Å². The van der Waals surface area contributed by atoms with Crippen molar-refractivity contribution in [3.05, 3.63) is 72.6 Å². The van der Waals surface area contributed by atoms with Crippen LogP contribution in [-0.4, -0.2) is 38.1 Å². The maximum absolute atomic E-state index is 11.5. The summed E-state index contributed by atoms with van der Waals surface area (Å²) in [5.41, 5.74) is 10.3. The van der Waals surface area contributed by atoms with E-state index in [1.165, 1.54) is 0 Å². The standard InChI is InChI=1S/C19H14N4O.C2HF3O2/c20-18(24)15-4-1-5-16-17(15)23-19(22-16)13-8-6-12(7-9-13)14-3-2-10-21-11-14;3-2(4,5)1(6)7/h1-11H,(H2,20,24)(H,22,23);(H,6,7). The van der Waals surface area contributed by atoms with Gasteiger partial charge in [-0.3, -0.25) is 9.78 Å². The Morgan fingerprint density at radius 1 is 0.935 bits per heavy atom. The molecule has 4 aromatic rings.